The third kappa shape index (κ3) is 7.10. The topological polar surface area (TPSA) is 0 Å². The van der Waals surface area contributed by atoms with Crippen molar-refractivity contribution in [3.8, 4) is 0 Å². The molecular formula is C6H12Y-2. The van der Waals surface area contributed by atoms with Crippen LogP contribution in [0.1, 0.15) is 13.8 Å². The van der Waals surface area contributed by atoms with Crippen molar-refractivity contribution in [3.63, 3.8) is 0 Å². The van der Waals surface area contributed by atoms with Gasteiger partial charge in [0.1, 0.15) is 0 Å². The summed E-state index contributed by atoms with van der Waals surface area (Å²) in [6, 6.07) is 0. The molecule has 0 rings (SSSR count). The van der Waals surface area contributed by atoms with Gasteiger partial charge in [-0.05, 0) is 0 Å². The maximum atomic E-state index is 3.78. The second-order valence-corrected chi connectivity index (χ2v) is 1.95. The van der Waals surface area contributed by atoms with E-state index >= 15 is 0 Å². The Balaban J connectivity index is 0. The molecule has 41 valence electrons. The number of hydrogen-bond donors (Lipinski definition) is 0. The maximum absolute atomic E-state index is 3.78. The molecule has 0 nitrogen and oxygen atoms in total. The first-order valence-electron chi connectivity index (χ1n) is 2.30. The minimum absolute atomic E-state index is 0. The zero-order valence-electron chi connectivity index (χ0n) is 5.15. The second-order valence-electron chi connectivity index (χ2n) is 1.95. The van der Waals surface area contributed by atoms with Crippen molar-refractivity contribution >= 4 is 0 Å². The van der Waals surface area contributed by atoms with Gasteiger partial charge in [0.2, 0.25) is 0 Å². The second kappa shape index (κ2) is 5.24. The molecule has 7 heavy (non-hydrogen) atoms. The minimum atomic E-state index is 0. The Labute approximate surface area is 71.9 Å². The third-order valence-corrected chi connectivity index (χ3v) is 0.971. The van der Waals surface area contributed by atoms with E-state index in [0.717, 1.165) is 0 Å². The van der Waals surface area contributed by atoms with Crippen LogP contribution in [0.25, 0.3) is 0 Å². The van der Waals surface area contributed by atoms with Crippen LogP contribution >= 0.6 is 0 Å². The van der Waals surface area contributed by atoms with Gasteiger partial charge in [-0.15, -0.1) is 0 Å². The smallest absolute Gasteiger partial charge is 0 e. The van der Waals surface area contributed by atoms with Gasteiger partial charge in [-0.1, -0.05) is 13.8 Å². The Kier molecular flexibility index (Phi) is 8.22. The fourth-order valence-electron chi connectivity index (χ4n) is 0. The molecule has 0 fully saturated rings. The van der Waals surface area contributed by atoms with Gasteiger partial charge in [0.25, 0.3) is 0 Å². The quantitative estimate of drug-likeness (QED) is 0.531. The van der Waals surface area contributed by atoms with Crippen molar-refractivity contribution < 1.29 is 32.7 Å². The van der Waals surface area contributed by atoms with E-state index in [0.29, 0.717) is 11.8 Å². The van der Waals surface area contributed by atoms with Crippen molar-refractivity contribution in [2.24, 2.45) is 11.8 Å². The molecule has 0 aromatic heterocycles. The molecule has 1 heteroatoms. The van der Waals surface area contributed by atoms with Crippen LogP contribution in [0.2, 0.25) is 0 Å². The summed E-state index contributed by atoms with van der Waals surface area (Å²) in [5.41, 5.74) is 0. The molecule has 0 amide bonds. The summed E-state index contributed by atoms with van der Waals surface area (Å²) >= 11 is 0. The Morgan fingerprint density at radius 2 is 1.14 bits per heavy atom. The van der Waals surface area contributed by atoms with E-state index in [1.165, 1.54) is 0 Å². The van der Waals surface area contributed by atoms with Gasteiger partial charge in [-0.2, -0.15) is 11.8 Å². The predicted octanol–water partition coefficient (Wildman–Crippen LogP) is 1.92. The molecule has 2 atom stereocenters. The van der Waals surface area contributed by atoms with Crippen LogP contribution in [0.15, 0.2) is 0 Å². The zero-order chi connectivity index (χ0) is 5.15. The fourth-order valence-corrected chi connectivity index (χ4v) is 0. The van der Waals surface area contributed by atoms with Crippen LogP contribution in [-0.4, -0.2) is 0 Å². The molecule has 0 aliphatic carbocycles. The molecule has 0 saturated heterocycles. The Bertz CT molecular complexity index is 25.2. The van der Waals surface area contributed by atoms with Gasteiger partial charge in [-0.25, -0.2) is 0 Å². The first-order chi connectivity index (χ1) is 2.64. The first-order valence-corrected chi connectivity index (χ1v) is 2.30. The van der Waals surface area contributed by atoms with Gasteiger partial charge >= 0.3 is 0 Å². The normalized spacial score (nSPS) is 17.1. The largest absolute Gasteiger partial charge is 0.343 e. The van der Waals surface area contributed by atoms with E-state index in [-0.39, 0.29) is 32.7 Å². The van der Waals surface area contributed by atoms with Crippen molar-refractivity contribution in [2.45, 2.75) is 13.8 Å². The van der Waals surface area contributed by atoms with Gasteiger partial charge in [0.15, 0.2) is 0 Å². The first kappa shape index (κ1) is 11.0. The van der Waals surface area contributed by atoms with Gasteiger partial charge < -0.3 is 13.8 Å². The number of rotatable bonds is 1. The van der Waals surface area contributed by atoms with E-state index in [1.54, 1.807) is 0 Å². The van der Waals surface area contributed by atoms with E-state index in [9.17, 15) is 0 Å². The molecule has 0 spiro atoms. The molecule has 0 aliphatic rings. The maximum Gasteiger partial charge on any atom is 0 e. The van der Waals surface area contributed by atoms with Crippen LogP contribution in [0.3, 0.4) is 0 Å². The Morgan fingerprint density at radius 3 is 1.14 bits per heavy atom. The standard InChI is InChI=1S/C6H12.Y/c1-5(2)6(3)4;/h5-6H,1,3H2,2,4H3;/q-2;. The molecule has 0 heterocycles. The predicted molar refractivity (Wildman–Crippen MR) is 29.0 cm³/mol. The zero-order valence-corrected chi connectivity index (χ0v) is 7.98. The summed E-state index contributed by atoms with van der Waals surface area (Å²) in [6.07, 6.45) is 0. The molecule has 0 aromatic rings. The van der Waals surface area contributed by atoms with Crippen LogP contribution in [0.4, 0.5) is 0 Å². The summed E-state index contributed by atoms with van der Waals surface area (Å²) in [7, 11) is 0. The van der Waals surface area contributed by atoms with Crippen LogP contribution in [0.5, 0.6) is 0 Å². The fraction of sp³-hybridized carbons (Fsp3) is 0.667. The third-order valence-electron chi connectivity index (χ3n) is 0.971. The molecule has 0 N–H and O–H groups in total. The van der Waals surface area contributed by atoms with E-state index in [2.05, 4.69) is 27.7 Å². The van der Waals surface area contributed by atoms with Crippen molar-refractivity contribution in [1.29, 1.82) is 0 Å². The summed E-state index contributed by atoms with van der Waals surface area (Å²) in [5.74, 6) is 0.981. The summed E-state index contributed by atoms with van der Waals surface area (Å²) < 4.78 is 0. The van der Waals surface area contributed by atoms with Gasteiger partial charge in [0, 0.05) is 32.7 Å². The number of hydrogen-bond acceptors (Lipinski definition) is 0. The SMILES string of the molecule is [CH2-]C(C)C([CH2-])C.[Y]. The van der Waals surface area contributed by atoms with Crippen LogP contribution in [-0.2, 0) is 32.7 Å². The molecule has 0 aliphatic heterocycles. The summed E-state index contributed by atoms with van der Waals surface area (Å²) in [6.45, 7) is 11.7. The molecule has 2 unspecified atom stereocenters. The average molecular weight is 173 g/mol. The van der Waals surface area contributed by atoms with Gasteiger partial charge in [0.05, 0.1) is 0 Å². The van der Waals surface area contributed by atoms with Crippen LogP contribution < -0.4 is 0 Å². The summed E-state index contributed by atoms with van der Waals surface area (Å²) in [4.78, 5) is 0. The van der Waals surface area contributed by atoms with E-state index in [4.69, 9.17) is 0 Å². The monoisotopic (exact) mass is 173 g/mol. The van der Waals surface area contributed by atoms with Gasteiger partial charge in [-0.3, -0.25) is 0 Å². The molecule has 0 aromatic carbocycles. The molecule has 1 radical (unpaired) electrons. The average Bonchev–Trinajstić information content (AvgIpc) is 1.36. The molecular weight excluding hydrogens is 161 g/mol. The molecule has 0 bridgehead atoms. The minimum Gasteiger partial charge on any atom is -0.343 e. The van der Waals surface area contributed by atoms with Crippen molar-refractivity contribution in [1.82, 2.24) is 0 Å². The molecule has 0 saturated carbocycles. The van der Waals surface area contributed by atoms with E-state index in [1.807, 2.05) is 0 Å². The van der Waals surface area contributed by atoms with Crippen LogP contribution in [0, 0.1) is 25.7 Å². The van der Waals surface area contributed by atoms with Crippen molar-refractivity contribution in [3.05, 3.63) is 13.8 Å². The van der Waals surface area contributed by atoms with E-state index < -0.39 is 0 Å². The Morgan fingerprint density at radius 1 is 1.00 bits per heavy atom. The summed E-state index contributed by atoms with van der Waals surface area (Å²) in [5, 5.41) is 0. The van der Waals surface area contributed by atoms with Crippen molar-refractivity contribution in [2.75, 3.05) is 0 Å². The Hall–Kier alpha value is 1.10.